The molecule has 0 aliphatic heterocycles. The largest absolute Gasteiger partial charge is 0.472 e. The van der Waals surface area contributed by atoms with E-state index in [1.807, 2.05) is 0 Å². The summed E-state index contributed by atoms with van der Waals surface area (Å²) in [4.78, 5) is 73.3. The molecule has 0 bridgehead atoms. The van der Waals surface area contributed by atoms with Crippen LogP contribution in [0, 0.1) is 11.8 Å². The van der Waals surface area contributed by atoms with Crippen LogP contribution < -0.4 is 0 Å². The molecule has 0 heterocycles. The minimum absolute atomic E-state index is 0.109. The molecule has 107 heavy (non-hydrogen) atoms. The summed E-state index contributed by atoms with van der Waals surface area (Å²) < 4.78 is 69.0. The number of esters is 4. The topological polar surface area (TPSA) is 237 Å². The zero-order valence-electron chi connectivity index (χ0n) is 70.5. The van der Waals surface area contributed by atoms with E-state index in [2.05, 4.69) is 41.5 Å². The lowest BCUT2D eigenvalue weighted by Gasteiger charge is -2.21. The lowest BCUT2D eigenvalue weighted by molar-refractivity contribution is -0.161. The van der Waals surface area contributed by atoms with Gasteiger partial charge in [-0.3, -0.25) is 37.3 Å². The summed E-state index contributed by atoms with van der Waals surface area (Å²) >= 11 is 0. The van der Waals surface area contributed by atoms with Crippen LogP contribution in [-0.2, 0) is 65.4 Å². The summed E-state index contributed by atoms with van der Waals surface area (Å²) in [7, 11) is -9.93. The molecular weight excluding hydrogens is 1390 g/mol. The van der Waals surface area contributed by atoms with E-state index in [-0.39, 0.29) is 25.7 Å². The predicted octanol–water partition coefficient (Wildman–Crippen LogP) is 27.0. The number of aliphatic hydroxyl groups excluding tert-OH is 1. The zero-order valence-corrected chi connectivity index (χ0v) is 72.2. The van der Waals surface area contributed by atoms with E-state index in [1.165, 1.54) is 289 Å². The number of phosphoric ester groups is 2. The Morgan fingerprint density at radius 2 is 0.430 bits per heavy atom. The molecular formula is C88H172O17P2. The summed E-state index contributed by atoms with van der Waals surface area (Å²) in [5.41, 5.74) is 0. The lowest BCUT2D eigenvalue weighted by atomic mass is 10.0. The Kier molecular flexibility index (Phi) is 77.9. The van der Waals surface area contributed by atoms with Crippen molar-refractivity contribution in [1.29, 1.82) is 0 Å². The van der Waals surface area contributed by atoms with E-state index >= 15 is 0 Å². The molecule has 0 fully saturated rings. The maximum absolute atomic E-state index is 13.2. The van der Waals surface area contributed by atoms with E-state index in [0.29, 0.717) is 25.7 Å². The van der Waals surface area contributed by atoms with Gasteiger partial charge < -0.3 is 33.8 Å². The Morgan fingerprint density at radius 3 is 0.636 bits per heavy atom. The van der Waals surface area contributed by atoms with Crippen LogP contribution in [0.15, 0.2) is 0 Å². The van der Waals surface area contributed by atoms with Crippen molar-refractivity contribution >= 4 is 39.5 Å². The Balaban J connectivity index is 5.26. The van der Waals surface area contributed by atoms with Crippen LogP contribution in [0.5, 0.6) is 0 Å². The lowest BCUT2D eigenvalue weighted by Crippen LogP contribution is -2.30. The van der Waals surface area contributed by atoms with Crippen LogP contribution in [0.4, 0.5) is 0 Å². The van der Waals surface area contributed by atoms with Crippen molar-refractivity contribution in [2.45, 2.75) is 490 Å². The van der Waals surface area contributed by atoms with E-state index in [9.17, 15) is 43.2 Å². The molecule has 0 spiro atoms. The van der Waals surface area contributed by atoms with Gasteiger partial charge >= 0.3 is 39.5 Å². The minimum Gasteiger partial charge on any atom is -0.462 e. The molecule has 0 amide bonds. The highest BCUT2D eigenvalue weighted by molar-refractivity contribution is 7.47. The quantitative estimate of drug-likeness (QED) is 0.0222. The highest BCUT2D eigenvalue weighted by Crippen LogP contribution is 2.45. The van der Waals surface area contributed by atoms with Crippen molar-refractivity contribution in [1.82, 2.24) is 0 Å². The summed E-state index contributed by atoms with van der Waals surface area (Å²) in [5.74, 6) is -0.545. The van der Waals surface area contributed by atoms with Crippen LogP contribution in [0.3, 0.4) is 0 Å². The number of phosphoric acid groups is 2. The molecule has 0 saturated carbocycles. The third-order valence-electron chi connectivity index (χ3n) is 20.7. The van der Waals surface area contributed by atoms with Gasteiger partial charge in [-0.2, -0.15) is 0 Å². The molecule has 0 aromatic rings. The molecule has 17 nitrogen and oxygen atoms in total. The maximum Gasteiger partial charge on any atom is 0.472 e. The summed E-state index contributed by atoms with van der Waals surface area (Å²) in [6.07, 6.45) is 72.2. The van der Waals surface area contributed by atoms with E-state index < -0.39 is 97.5 Å². The second-order valence-corrected chi connectivity index (χ2v) is 35.5. The van der Waals surface area contributed by atoms with Gasteiger partial charge in [0.1, 0.15) is 19.3 Å². The molecule has 0 rings (SSSR count). The molecule has 5 atom stereocenters. The van der Waals surface area contributed by atoms with Crippen LogP contribution in [0.1, 0.15) is 472 Å². The number of carbonyl (C=O) groups excluding carboxylic acids is 4. The first-order valence-corrected chi connectivity index (χ1v) is 48.5. The van der Waals surface area contributed by atoms with Crippen molar-refractivity contribution in [2.24, 2.45) is 11.8 Å². The van der Waals surface area contributed by atoms with Gasteiger partial charge in [-0.05, 0) is 37.5 Å². The molecule has 0 aromatic carbocycles. The highest BCUT2D eigenvalue weighted by Gasteiger charge is 2.30. The zero-order chi connectivity index (χ0) is 78.5. The van der Waals surface area contributed by atoms with E-state index in [4.69, 9.17) is 37.0 Å². The monoisotopic (exact) mass is 1560 g/mol. The molecule has 636 valence electrons. The van der Waals surface area contributed by atoms with E-state index in [0.717, 1.165) is 102 Å². The molecule has 0 aromatic heterocycles. The van der Waals surface area contributed by atoms with Crippen molar-refractivity contribution in [3.8, 4) is 0 Å². The SMILES string of the molecule is CCCCCCCCCCCCCCCCCCCCC(=O)OC[C@H](COP(=O)(O)OC[C@@H](O)COP(=O)(O)OC[C@@H](COC(=O)CCCCCCCCCCCC(C)C)OC(=O)CCCCCCCCCCCCCCCCCCCC)OC(=O)CCCCCCCCCCCCCCCCCCC(C)C. The number of hydrogen-bond donors (Lipinski definition) is 3. The van der Waals surface area contributed by atoms with Gasteiger partial charge in [0.25, 0.3) is 0 Å². The fourth-order valence-electron chi connectivity index (χ4n) is 13.8. The van der Waals surface area contributed by atoms with Crippen molar-refractivity contribution in [2.75, 3.05) is 39.6 Å². The van der Waals surface area contributed by atoms with E-state index in [1.54, 1.807) is 0 Å². The van der Waals surface area contributed by atoms with Gasteiger partial charge in [-0.25, -0.2) is 9.13 Å². The second kappa shape index (κ2) is 79.3. The van der Waals surface area contributed by atoms with Gasteiger partial charge in [0, 0.05) is 25.7 Å². The van der Waals surface area contributed by atoms with Crippen molar-refractivity contribution in [3.05, 3.63) is 0 Å². The number of hydrogen-bond acceptors (Lipinski definition) is 15. The van der Waals surface area contributed by atoms with Gasteiger partial charge in [-0.15, -0.1) is 0 Å². The number of rotatable bonds is 87. The average molecular weight is 1560 g/mol. The number of aliphatic hydroxyl groups is 1. The van der Waals surface area contributed by atoms with Crippen LogP contribution >= 0.6 is 15.6 Å². The maximum atomic E-state index is 13.2. The number of carbonyl (C=O) groups is 4. The smallest absolute Gasteiger partial charge is 0.462 e. The van der Waals surface area contributed by atoms with Gasteiger partial charge in [-0.1, -0.05) is 420 Å². The Labute approximate surface area is 658 Å². The second-order valence-electron chi connectivity index (χ2n) is 32.6. The molecule has 2 unspecified atom stereocenters. The average Bonchev–Trinajstić information content (AvgIpc) is 0.906. The van der Waals surface area contributed by atoms with Crippen molar-refractivity contribution < 1.29 is 80.2 Å². The van der Waals surface area contributed by atoms with Crippen LogP contribution in [0.2, 0.25) is 0 Å². The number of unbranched alkanes of at least 4 members (excludes halogenated alkanes) is 57. The predicted molar refractivity (Wildman–Crippen MR) is 442 cm³/mol. The number of ether oxygens (including phenoxy) is 4. The standard InChI is InChI=1S/C88H172O17P2/c1-7-9-11-13-15-17-19-21-23-25-27-32-36-40-46-52-58-64-70-85(90)98-76-83(104-87(92)73-67-61-55-48-42-38-34-30-29-31-35-39-44-50-56-62-68-80(3)4)78-102-106(94,95)100-74-82(89)75-101-107(96,97)103-79-84(77-99-86(91)71-65-59-53-49-43-45-51-57-63-69-81(5)6)105-88(93)72-66-60-54-47-41-37-33-28-26-24-22-20-18-16-14-12-10-8-2/h80-84,89H,7-79H2,1-6H3,(H,94,95)(H,96,97)/t82-,83-,84-/m1/s1. The fraction of sp³-hybridized carbons (Fsp3) is 0.955. The molecule has 19 heteroatoms. The molecule has 0 aliphatic carbocycles. The Hall–Kier alpha value is -1.94. The highest BCUT2D eigenvalue weighted by atomic mass is 31.2. The Bertz CT molecular complexity index is 2050. The van der Waals surface area contributed by atoms with Gasteiger partial charge in [0.15, 0.2) is 12.2 Å². The molecule has 3 N–H and O–H groups in total. The minimum atomic E-state index is -4.97. The summed E-state index contributed by atoms with van der Waals surface area (Å²) in [5, 5.41) is 10.7. The van der Waals surface area contributed by atoms with Crippen LogP contribution in [0.25, 0.3) is 0 Å². The first kappa shape index (κ1) is 105. The molecule has 0 saturated heterocycles. The van der Waals surface area contributed by atoms with Gasteiger partial charge in [0.05, 0.1) is 26.4 Å². The van der Waals surface area contributed by atoms with Crippen molar-refractivity contribution in [3.63, 3.8) is 0 Å². The first-order chi connectivity index (χ1) is 51.9. The molecule has 0 radical (unpaired) electrons. The van der Waals surface area contributed by atoms with Gasteiger partial charge in [0.2, 0.25) is 0 Å². The Morgan fingerprint density at radius 1 is 0.252 bits per heavy atom. The third-order valence-corrected chi connectivity index (χ3v) is 22.6. The summed E-state index contributed by atoms with van der Waals surface area (Å²) in [6.45, 7) is 9.70. The third kappa shape index (κ3) is 81.9. The molecule has 0 aliphatic rings. The van der Waals surface area contributed by atoms with Crippen LogP contribution in [-0.4, -0.2) is 96.7 Å². The fourth-order valence-corrected chi connectivity index (χ4v) is 15.4. The first-order valence-electron chi connectivity index (χ1n) is 45.5. The summed E-state index contributed by atoms with van der Waals surface area (Å²) in [6, 6.07) is 0. The normalized spacial score (nSPS) is 13.8.